The van der Waals surface area contributed by atoms with Gasteiger partial charge in [-0.25, -0.2) is 13.4 Å². The lowest BCUT2D eigenvalue weighted by Crippen LogP contribution is -2.33. The third-order valence-electron chi connectivity index (χ3n) is 4.47. The molecule has 1 aliphatic heterocycles. The summed E-state index contributed by atoms with van der Waals surface area (Å²) in [5.74, 6) is 0.690. The van der Waals surface area contributed by atoms with E-state index >= 15 is 0 Å². The molecule has 0 bridgehead atoms. The van der Waals surface area contributed by atoms with Gasteiger partial charge < -0.3 is 10.2 Å². The summed E-state index contributed by atoms with van der Waals surface area (Å²) in [4.78, 5) is 7.65. The molecule has 5 nitrogen and oxygen atoms in total. The minimum absolute atomic E-state index is 0.397. The summed E-state index contributed by atoms with van der Waals surface area (Å²) in [6.07, 6.45) is 5.18. The van der Waals surface area contributed by atoms with Gasteiger partial charge in [-0.1, -0.05) is 18.5 Å². The van der Waals surface area contributed by atoms with Crippen LogP contribution >= 0.6 is 22.9 Å². The van der Waals surface area contributed by atoms with Crippen LogP contribution in [0.25, 0.3) is 0 Å². The van der Waals surface area contributed by atoms with Crippen LogP contribution in [0.4, 0.5) is 11.4 Å². The average molecular weight is 400 g/mol. The molecule has 1 aromatic heterocycles. The fraction of sp³-hybridized carbons (Fsp3) is 0.471. The summed E-state index contributed by atoms with van der Waals surface area (Å²) in [5, 5.41) is 3.33. The van der Waals surface area contributed by atoms with Crippen LogP contribution in [-0.2, 0) is 16.4 Å². The summed E-state index contributed by atoms with van der Waals surface area (Å²) < 4.78 is 24.9. The molecule has 1 fully saturated rings. The van der Waals surface area contributed by atoms with Crippen LogP contribution in [0.2, 0.25) is 4.47 Å². The molecule has 0 spiro atoms. The Balaban J connectivity index is 1.84. The predicted molar refractivity (Wildman–Crippen MR) is 105 cm³/mol. The summed E-state index contributed by atoms with van der Waals surface area (Å²) >= 11 is 7.29. The molecule has 0 aliphatic carbocycles. The molecule has 0 radical (unpaired) electrons. The normalized spacial score (nSPS) is 16.2. The lowest BCUT2D eigenvalue weighted by molar-refractivity contribution is 0.437. The van der Waals surface area contributed by atoms with Crippen molar-refractivity contribution in [3.05, 3.63) is 33.7 Å². The van der Waals surface area contributed by atoms with E-state index < -0.39 is 9.84 Å². The third-order valence-corrected chi connectivity index (χ3v) is 6.73. The summed E-state index contributed by atoms with van der Waals surface area (Å²) in [6.45, 7) is 4.63. The van der Waals surface area contributed by atoms with Crippen molar-refractivity contribution in [1.29, 1.82) is 0 Å². The zero-order valence-corrected chi connectivity index (χ0v) is 16.7. The number of hydrogen-bond acceptors (Lipinski definition) is 6. The van der Waals surface area contributed by atoms with Gasteiger partial charge in [-0.15, -0.1) is 11.3 Å². The number of anilines is 2. The maximum Gasteiger partial charge on any atom is 0.183 e. The van der Waals surface area contributed by atoms with Gasteiger partial charge in [0.2, 0.25) is 0 Å². The Morgan fingerprint density at radius 1 is 1.36 bits per heavy atom. The van der Waals surface area contributed by atoms with Crippen molar-refractivity contribution >= 4 is 44.1 Å². The van der Waals surface area contributed by atoms with Crippen LogP contribution in [0.15, 0.2) is 29.3 Å². The van der Waals surface area contributed by atoms with Crippen molar-refractivity contribution in [3.63, 3.8) is 0 Å². The first kappa shape index (κ1) is 18.5. The number of nitrogens with one attached hydrogen (secondary N) is 1. The highest BCUT2D eigenvalue weighted by molar-refractivity contribution is 7.90. The highest BCUT2D eigenvalue weighted by atomic mass is 35.5. The van der Waals surface area contributed by atoms with Crippen LogP contribution in [-0.4, -0.2) is 32.7 Å². The van der Waals surface area contributed by atoms with Gasteiger partial charge in [0.15, 0.2) is 14.3 Å². The molecule has 1 N–H and O–H groups in total. The molecule has 25 heavy (non-hydrogen) atoms. The minimum Gasteiger partial charge on any atom is -0.380 e. The molecule has 2 aromatic rings. The van der Waals surface area contributed by atoms with E-state index in [4.69, 9.17) is 11.6 Å². The summed E-state index contributed by atoms with van der Waals surface area (Å²) in [6, 6.07) is 5.45. The molecule has 1 saturated heterocycles. The van der Waals surface area contributed by atoms with Gasteiger partial charge >= 0.3 is 0 Å². The number of hydrogen-bond donors (Lipinski definition) is 1. The lowest BCUT2D eigenvalue weighted by atomic mass is 9.99. The number of piperidine rings is 1. The highest BCUT2D eigenvalue weighted by Crippen LogP contribution is 2.32. The van der Waals surface area contributed by atoms with E-state index in [0.717, 1.165) is 42.2 Å². The Kier molecular flexibility index (Phi) is 5.55. The quantitative estimate of drug-likeness (QED) is 0.821. The highest BCUT2D eigenvalue weighted by Gasteiger charge is 2.22. The topological polar surface area (TPSA) is 62.3 Å². The van der Waals surface area contributed by atoms with Crippen molar-refractivity contribution in [2.75, 3.05) is 29.6 Å². The van der Waals surface area contributed by atoms with Crippen LogP contribution in [0.5, 0.6) is 0 Å². The Bertz CT molecular complexity index is 843. The molecule has 136 valence electrons. The number of benzene rings is 1. The van der Waals surface area contributed by atoms with E-state index in [1.165, 1.54) is 17.6 Å². The Morgan fingerprint density at radius 3 is 2.68 bits per heavy atom. The Hall–Kier alpha value is -1.31. The second-order valence-corrected chi connectivity index (χ2v) is 10.2. The smallest absolute Gasteiger partial charge is 0.183 e. The zero-order chi connectivity index (χ0) is 18.0. The fourth-order valence-corrected chi connectivity index (χ4v) is 4.79. The van der Waals surface area contributed by atoms with Gasteiger partial charge in [-0.2, -0.15) is 0 Å². The van der Waals surface area contributed by atoms with E-state index in [-0.39, 0.29) is 0 Å². The maximum atomic E-state index is 12.2. The molecule has 0 saturated carbocycles. The largest absolute Gasteiger partial charge is 0.380 e. The van der Waals surface area contributed by atoms with Crippen molar-refractivity contribution < 1.29 is 8.42 Å². The van der Waals surface area contributed by atoms with Crippen molar-refractivity contribution in [3.8, 4) is 0 Å². The first-order valence-electron chi connectivity index (χ1n) is 8.26. The molecule has 1 aromatic carbocycles. The van der Waals surface area contributed by atoms with Crippen molar-refractivity contribution in [1.82, 2.24) is 4.98 Å². The predicted octanol–water partition coefficient (Wildman–Crippen LogP) is 4.05. The van der Waals surface area contributed by atoms with Crippen LogP contribution in [0, 0.1) is 5.92 Å². The first-order chi connectivity index (χ1) is 11.8. The molecule has 8 heteroatoms. The fourth-order valence-electron chi connectivity index (χ4n) is 2.99. The number of thiazole rings is 1. The monoisotopic (exact) mass is 399 g/mol. The van der Waals surface area contributed by atoms with Crippen molar-refractivity contribution in [2.24, 2.45) is 5.92 Å². The molecule has 0 atom stereocenters. The van der Waals surface area contributed by atoms with Gasteiger partial charge in [-0.05, 0) is 37.0 Å². The van der Waals surface area contributed by atoms with E-state index in [1.54, 1.807) is 12.3 Å². The van der Waals surface area contributed by atoms with Crippen LogP contribution in [0.3, 0.4) is 0 Å². The second kappa shape index (κ2) is 7.51. The Morgan fingerprint density at radius 2 is 2.08 bits per heavy atom. The molecular formula is C17H22ClN3O2S2. The van der Waals surface area contributed by atoms with E-state index in [2.05, 4.69) is 22.1 Å². The number of aromatic nitrogens is 1. The van der Waals surface area contributed by atoms with Crippen LogP contribution in [0.1, 0.15) is 24.6 Å². The van der Waals surface area contributed by atoms with Gasteiger partial charge in [0.1, 0.15) is 0 Å². The van der Waals surface area contributed by atoms with E-state index in [0.29, 0.717) is 21.8 Å². The lowest BCUT2D eigenvalue weighted by Gasteiger charge is -2.33. The molecule has 0 amide bonds. The Labute approximate surface area is 158 Å². The number of nitrogens with zero attached hydrogens (tertiary/aromatic N) is 2. The average Bonchev–Trinajstić information content (AvgIpc) is 2.98. The van der Waals surface area contributed by atoms with Gasteiger partial charge in [0.25, 0.3) is 0 Å². The maximum absolute atomic E-state index is 12.2. The van der Waals surface area contributed by atoms with E-state index in [9.17, 15) is 8.42 Å². The molecule has 1 aliphatic rings. The molecule has 0 unspecified atom stereocenters. The number of sulfone groups is 1. The summed E-state index contributed by atoms with van der Waals surface area (Å²) in [5.41, 5.74) is 1.69. The third kappa shape index (κ3) is 4.65. The van der Waals surface area contributed by atoms with E-state index in [1.807, 2.05) is 12.1 Å². The second-order valence-electron chi connectivity index (χ2n) is 6.56. The molecule has 3 rings (SSSR count). The number of halogens is 1. The minimum atomic E-state index is -3.27. The molecular weight excluding hydrogens is 378 g/mol. The summed E-state index contributed by atoms with van der Waals surface area (Å²) in [7, 11) is -3.27. The van der Waals surface area contributed by atoms with Gasteiger partial charge in [0, 0.05) is 36.1 Å². The van der Waals surface area contributed by atoms with Gasteiger partial charge in [-0.3, -0.25) is 0 Å². The zero-order valence-electron chi connectivity index (χ0n) is 14.3. The molecule has 2 heterocycles. The van der Waals surface area contributed by atoms with Crippen LogP contribution < -0.4 is 10.2 Å². The number of rotatable bonds is 5. The van der Waals surface area contributed by atoms with Crippen molar-refractivity contribution in [2.45, 2.75) is 31.2 Å². The standard InChI is InChI=1S/C17H22ClN3O2S2/c1-12-5-7-21(8-6-12)15-9-13(3-4-16(15)25(2,22)23)19-10-14-11-20-17(18)24-14/h3-4,9,11-12,19H,5-8,10H2,1-2H3. The first-order valence-corrected chi connectivity index (χ1v) is 11.3. The SMILES string of the molecule is CC1CCN(c2cc(NCc3cnc(Cl)s3)ccc2S(C)(=O)=O)CC1. The van der Waals surface area contributed by atoms with Gasteiger partial charge in [0.05, 0.1) is 17.1 Å².